The number of pyridine rings is 1. The van der Waals surface area contributed by atoms with Crippen LogP contribution in [0.1, 0.15) is 19.5 Å². The Labute approximate surface area is 113 Å². The Morgan fingerprint density at radius 3 is 2.74 bits per heavy atom. The maximum Gasteiger partial charge on any atom is 0.231 e. The first-order valence-electron chi connectivity index (χ1n) is 6.32. The van der Waals surface area contributed by atoms with Crippen molar-refractivity contribution in [2.75, 3.05) is 11.9 Å². The summed E-state index contributed by atoms with van der Waals surface area (Å²) in [6.07, 6.45) is 0. The van der Waals surface area contributed by atoms with Crippen molar-refractivity contribution in [1.82, 2.24) is 4.98 Å². The van der Waals surface area contributed by atoms with Crippen LogP contribution in [0.2, 0.25) is 0 Å². The topological polar surface area (TPSA) is 68.0 Å². The van der Waals surface area contributed by atoms with E-state index in [0.717, 1.165) is 22.3 Å². The van der Waals surface area contributed by atoms with Crippen LogP contribution < -0.4 is 11.1 Å². The molecule has 100 valence electrons. The van der Waals surface area contributed by atoms with Crippen molar-refractivity contribution in [1.29, 1.82) is 0 Å². The van der Waals surface area contributed by atoms with Crippen LogP contribution in [0.3, 0.4) is 0 Å². The predicted molar refractivity (Wildman–Crippen MR) is 77.9 cm³/mol. The minimum absolute atomic E-state index is 0.0780. The SMILES string of the molecule is Cc1cc(NC(=O)C(C)(C)CN)c2ccccc2n1. The normalized spacial score (nSPS) is 11.6. The van der Waals surface area contributed by atoms with E-state index in [9.17, 15) is 4.79 Å². The van der Waals surface area contributed by atoms with Crippen LogP contribution in [0.25, 0.3) is 10.9 Å². The molecule has 3 N–H and O–H groups in total. The van der Waals surface area contributed by atoms with Crippen molar-refractivity contribution in [3.8, 4) is 0 Å². The molecule has 1 amide bonds. The Bertz CT molecular complexity index is 620. The van der Waals surface area contributed by atoms with Gasteiger partial charge >= 0.3 is 0 Å². The maximum atomic E-state index is 12.2. The quantitative estimate of drug-likeness (QED) is 0.887. The molecule has 4 nitrogen and oxygen atoms in total. The van der Waals surface area contributed by atoms with Crippen molar-refractivity contribution in [2.45, 2.75) is 20.8 Å². The summed E-state index contributed by atoms with van der Waals surface area (Å²) < 4.78 is 0. The second kappa shape index (κ2) is 4.97. The van der Waals surface area contributed by atoms with Crippen LogP contribution in [-0.2, 0) is 4.79 Å². The summed E-state index contributed by atoms with van der Waals surface area (Å²) in [4.78, 5) is 16.7. The van der Waals surface area contributed by atoms with Crippen LogP contribution in [-0.4, -0.2) is 17.4 Å². The van der Waals surface area contributed by atoms with Crippen LogP contribution in [0.5, 0.6) is 0 Å². The van der Waals surface area contributed by atoms with Gasteiger partial charge < -0.3 is 11.1 Å². The van der Waals surface area contributed by atoms with E-state index in [2.05, 4.69) is 10.3 Å². The number of nitrogens with zero attached hydrogens (tertiary/aromatic N) is 1. The van der Waals surface area contributed by atoms with Gasteiger partial charge in [0.1, 0.15) is 0 Å². The van der Waals surface area contributed by atoms with Crippen molar-refractivity contribution >= 4 is 22.5 Å². The van der Waals surface area contributed by atoms with Gasteiger partial charge in [0.05, 0.1) is 16.6 Å². The van der Waals surface area contributed by atoms with Gasteiger partial charge in [-0.25, -0.2) is 0 Å². The molecule has 0 fully saturated rings. The Hall–Kier alpha value is -1.94. The first-order valence-corrected chi connectivity index (χ1v) is 6.32. The molecule has 1 aromatic heterocycles. The lowest BCUT2D eigenvalue weighted by atomic mass is 9.92. The number of rotatable bonds is 3. The average molecular weight is 257 g/mol. The number of carbonyl (C=O) groups excluding carboxylic acids is 1. The molecule has 0 spiro atoms. The van der Waals surface area contributed by atoms with E-state index in [-0.39, 0.29) is 5.91 Å². The molecule has 0 saturated carbocycles. The van der Waals surface area contributed by atoms with E-state index in [4.69, 9.17) is 5.73 Å². The van der Waals surface area contributed by atoms with E-state index in [1.807, 2.05) is 51.1 Å². The number of hydrogen-bond donors (Lipinski definition) is 2. The number of nitrogens with one attached hydrogen (secondary N) is 1. The summed E-state index contributed by atoms with van der Waals surface area (Å²) in [7, 11) is 0. The van der Waals surface area contributed by atoms with Crippen molar-refractivity contribution in [3.63, 3.8) is 0 Å². The molecule has 0 radical (unpaired) electrons. The Kier molecular flexibility index (Phi) is 3.53. The summed E-state index contributed by atoms with van der Waals surface area (Å²) in [5.74, 6) is -0.0780. The molecule has 0 aliphatic carbocycles. The van der Waals surface area contributed by atoms with Gasteiger partial charge in [-0.15, -0.1) is 0 Å². The van der Waals surface area contributed by atoms with Crippen LogP contribution in [0.15, 0.2) is 30.3 Å². The fourth-order valence-corrected chi connectivity index (χ4v) is 1.80. The highest BCUT2D eigenvalue weighted by Gasteiger charge is 2.26. The zero-order chi connectivity index (χ0) is 14.0. The van der Waals surface area contributed by atoms with Gasteiger partial charge in [0.2, 0.25) is 5.91 Å². The number of amides is 1. The molecule has 0 bridgehead atoms. The summed E-state index contributed by atoms with van der Waals surface area (Å²) in [6, 6.07) is 9.64. The summed E-state index contributed by atoms with van der Waals surface area (Å²) in [6.45, 7) is 5.88. The number of aryl methyl sites for hydroxylation is 1. The number of nitrogens with two attached hydrogens (primary N) is 1. The predicted octanol–water partition coefficient (Wildman–Crippen LogP) is 2.47. The van der Waals surface area contributed by atoms with Gasteiger partial charge in [0.25, 0.3) is 0 Å². The largest absolute Gasteiger partial charge is 0.329 e. The first-order chi connectivity index (χ1) is 8.94. The molecule has 19 heavy (non-hydrogen) atoms. The highest BCUT2D eigenvalue weighted by atomic mass is 16.2. The second-order valence-electron chi connectivity index (χ2n) is 5.37. The number of fused-ring (bicyclic) bond motifs is 1. The summed E-state index contributed by atoms with van der Waals surface area (Å²) in [5, 5.41) is 3.90. The lowest BCUT2D eigenvalue weighted by Crippen LogP contribution is -2.37. The molecule has 0 aliphatic rings. The van der Waals surface area contributed by atoms with Gasteiger partial charge in [-0.2, -0.15) is 0 Å². The molecular weight excluding hydrogens is 238 g/mol. The van der Waals surface area contributed by atoms with Crippen LogP contribution in [0, 0.1) is 12.3 Å². The lowest BCUT2D eigenvalue weighted by molar-refractivity contribution is -0.123. The van der Waals surface area contributed by atoms with Gasteiger partial charge in [-0.3, -0.25) is 9.78 Å². The molecule has 4 heteroatoms. The third-order valence-electron chi connectivity index (χ3n) is 3.22. The van der Waals surface area contributed by atoms with Crippen LogP contribution in [0.4, 0.5) is 5.69 Å². The molecule has 1 aromatic carbocycles. The lowest BCUT2D eigenvalue weighted by Gasteiger charge is -2.22. The third kappa shape index (κ3) is 2.74. The number of anilines is 1. The molecule has 1 heterocycles. The number of benzene rings is 1. The van der Waals surface area contributed by atoms with Gasteiger partial charge in [-0.05, 0) is 32.9 Å². The maximum absolute atomic E-state index is 12.2. The average Bonchev–Trinajstić information content (AvgIpc) is 2.38. The first kappa shape index (κ1) is 13.5. The Balaban J connectivity index is 2.43. The van der Waals surface area contributed by atoms with Crippen molar-refractivity contribution in [3.05, 3.63) is 36.0 Å². The third-order valence-corrected chi connectivity index (χ3v) is 3.22. The Morgan fingerprint density at radius 2 is 2.05 bits per heavy atom. The number of carbonyl (C=O) groups is 1. The fraction of sp³-hybridized carbons (Fsp3) is 0.333. The second-order valence-corrected chi connectivity index (χ2v) is 5.37. The van der Waals surface area contributed by atoms with E-state index in [1.54, 1.807) is 0 Å². The summed E-state index contributed by atoms with van der Waals surface area (Å²) in [5.41, 5.74) is 7.58. The van der Waals surface area contributed by atoms with E-state index in [1.165, 1.54) is 0 Å². The number of para-hydroxylation sites is 1. The van der Waals surface area contributed by atoms with E-state index >= 15 is 0 Å². The van der Waals surface area contributed by atoms with Gasteiger partial charge in [0, 0.05) is 17.6 Å². The van der Waals surface area contributed by atoms with Crippen molar-refractivity contribution in [2.24, 2.45) is 11.1 Å². The molecule has 0 atom stereocenters. The van der Waals surface area contributed by atoms with Gasteiger partial charge in [0.15, 0.2) is 0 Å². The van der Waals surface area contributed by atoms with Crippen molar-refractivity contribution < 1.29 is 4.79 Å². The zero-order valence-corrected chi connectivity index (χ0v) is 11.5. The molecule has 0 aliphatic heterocycles. The monoisotopic (exact) mass is 257 g/mol. The minimum atomic E-state index is -0.585. The molecule has 0 saturated heterocycles. The highest BCUT2D eigenvalue weighted by Crippen LogP contribution is 2.25. The molecule has 0 unspecified atom stereocenters. The molecule has 2 aromatic rings. The fourth-order valence-electron chi connectivity index (χ4n) is 1.80. The van der Waals surface area contributed by atoms with Crippen LogP contribution >= 0.6 is 0 Å². The molecular formula is C15H19N3O. The van der Waals surface area contributed by atoms with Gasteiger partial charge in [-0.1, -0.05) is 18.2 Å². The number of hydrogen-bond acceptors (Lipinski definition) is 3. The zero-order valence-electron chi connectivity index (χ0n) is 11.5. The highest BCUT2D eigenvalue weighted by molar-refractivity contribution is 6.02. The van der Waals surface area contributed by atoms with E-state index < -0.39 is 5.41 Å². The Morgan fingerprint density at radius 1 is 1.37 bits per heavy atom. The standard InChI is InChI=1S/C15H19N3O/c1-10-8-13(18-14(19)15(2,3)9-16)11-6-4-5-7-12(11)17-10/h4-8H,9,16H2,1-3H3,(H,17,18,19). The molecule has 2 rings (SSSR count). The smallest absolute Gasteiger partial charge is 0.231 e. The number of aromatic nitrogens is 1. The summed E-state index contributed by atoms with van der Waals surface area (Å²) >= 11 is 0. The minimum Gasteiger partial charge on any atom is -0.329 e. The van der Waals surface area contributed by atoms with E-state index in [0.29, 0.717) is 6.54 Å².